The fourth-order valence-corrected chi connectivity index (χ4v) is 11.0. The van der Waals surface area contributed by atoms with E-state index in [1.807, 2.05) is 0 Å². The van der Waals surface area contributed by atoms with Gasteiger partial charge >= 0.3 is 0 Å². The second kappa shape index (κ2) is 16.5. The second-order valence-corrected chi connectivity index (χ2v) is 19.6. The fourth-order valence-electron chi connectivity index (χ4n) is 11.0. The average Bonchev–Trinajstić information content (AvgIpc) is 3.55. The molecule has 0 N–H and O–H groups in total. The lowest BCUT2D eigenvalue weighted by Gasteiger charge is -2.36. The Hall–Kier alpha value is -4.70. The zero-order valence-electron chi connectivity index (χ0n) is 36.7. The summed E-state index contributed by atoms with van der Waals surface area (Å²) < 4.78 is 5.22. The van der Waals surface area contributed by atoms with Gasteiger partial charge in [-0.2, -0.15) is 9.15 Å². The molecular formula is C54H68N4+2. The summed E-state index contributed by atoms with van der Waals surface area (Å²) >= 11 is 0. The molecule has 4 heteroatoms. The molecule has 0 bridgehead atoms. The van der Waals surface area contributed by atoms with Crippen LogP contribution in [-0.2, 0) is 10.8 Å². The quantitative estimate of drug-likeness (QED) is 0.111. The van der Waals surface area contributed by atoms with Crippen LogP contribution in [0.25, 0.3) is 12.2 Å². The van der Waals surface area contributed by atoms with Crippen LogP contribution in [0.3, 0.4) is 0 Å². The molecule has 0 spiro atoms. The predicted molar refractivity (Wildman–Crippen MR) is 249 cm³/mol. The van der Waals surface area contributed by atoms with Gasteiger partial charge in [0.2, 0.25) is 11.4 Å². The lowest BCUT2D eigenvalue weighted by atomic mass is 9.81. The maximum atomic E-state index is 2.61. The SMILES string of the molecule is CC1CC(C)CN(c2ccc(C=CC3=[N+](CCCC[N+]4=C(C=Cc5ccc(N6CC(C)CC(C)C6)cc5)C(C)(C)c5ccccc54)c4ccccc4C3(C)C)cc2)C1. The highest BCUT2D eigenvalue weighted by Gasteiger charge is 2.45. The molecule has 4 aromatic carbocycles. The highest BCUT2D eigenvalue weighted by molar-refractivity contribution is 6.06. The molecule has 4 aliphatic rings. The molecule has 2 fully saturated rings. The van der Waals surface area contributed by atoms with Gasteiger partial charge in [-0.3, -0.25) is 0 Å². The maximum absolute atomic E-state index is 2.61. The zero-order chi connectivity index (χ0) is 40.6. The third-order valence-corrected chi connectivity index (χ3v) is 13.7. The van der Waals surface area contributed by atoms with Gasteiger partial charge in [0.15, 0.2) is 11.4 Å². The third kappa shape index (κ3) is 8.14. The smallest absolute Gasteiger partial charge is 0.209 e. The number of para-hydroxylation sites is 2. The van der Waals surface area contributed by atoms with Crippen molar-refractivity contribution in [2.45, 2.75) is 91.9 Å². The van der Waals surface area contributed by atoms with Crippen molar-refractivity contribution in [1.82, 2.24) is 0 Å². The van der Waals surface area contributed by atoms with E-state index in [2.05, 4.69) is 196 Å². The number of piperidine rings is 2. The van der Waals surface area contributed by atoms with Gasteiger partial charge in [-0.15, -0.1) is 0 Å². The summed E-state index contributed by atoms with van der Waals surface area (Å²) in [6, 6.07) is 36.6. The number of rotatable bonds is 11. The number of nitrogens with zero attached hydrogens (tertiary/aromatic N) is 4. The van der Waals surface area contributed by atoms with Gasteiger partial charge in [0.25, 0.3) is 0 Å². The summed E-state index contributed by atoms with van der Waals surface area (Å²) in [6.07, 6.45) is 14.3. The van der Waals surface area contributed by atoms with Crippen LogP contribution in [0.5, 0.6) is 0 Å². The van der Waals surface area contributed by atoms with Gasteiger partial charge in [-0.05, 0) is 112 Å². The Morgan fingerprint density at radius 1 is 0.483 bits per heavy atom. The normalized spacial score (nSPS) is 24.0. The molecule has 8 rings (SSSR count). The van der Waals surface area contributed by atoms with E-state index in [0.29, 0.717) is 0 Å². The van der Waals surface area contributed by atoms with Crippen molar-refractivity contribution in [2.24, 2.45) is 23.7 Å². The Morgan fingerprint density at radius 3 is 1.19 bits per heavy atom. The number of allylic oxidation sites excluding steroid dienone is 2. The summed E-state index contributed by atoms with van der Waals surface area (Å²) in [6.45, 7) is 25.8. The summed E-state index contributed by atoms with van der Waals surface area (Å²) in [5.41, 5.74) is 13.4. The minimum atomic E-state index is -0.0698. The molecule has 0 radical (unpaired) electrons. The lowest BCUT2D eigenvalue weighted by Crippen LogP contribution is -2.38. The molecule has 0 saturated carbocycles. The van der Waals surface area contributed by atoms with Crippen LogP contribution in [-0.4, -0.2) is 59.8 Å². The molecule has 4 nitrogen and oxygen atoms in total. The first-order valence-corrected chi connectivity index (χ1v) is 22.4. The Morgan fingerprint density at radius 2 is 0.828 bits per heavy atom. The van der Waals surface area contributed by atoms with E-state index in [1.165, 1.54) is 69.3 Å². The van der Waals surface area contributed by atoms with E-state index in [9.17, 15) is 0 Å². The van der Waals surface area contributed by atoms with Gasteiger partial charge in [-0.25, -0.2) is 0 Å². The zero-order valence-corrected chi connectivity index (χ0v) is 36.7. The van der Waals surface area contributed by atoms with Gasteiger partial charge in [0, 0.05) is 85.8 Å². The number of benzene rings is 4. The number of unbranched alkanes of at least 4 members (excludes halogenated alkanes) is 1. The molecule has 4 aromatic rings. The van der Waals surface area contributed by atoms with Crippen molar-refractivity contribution >= 4 is 46.3 Å². The predicted octanol–water partition coefficient (Wildman–Crippen LogP) is 12.3. The van der Waals surface area contributed by atoms with Crippen molar-refractivity contribution < 1.29 is 9.15 Å². The van der Waals surface area contributed by atoms with Crippen molar-refractivity contribution in [3.8, 4) is 0 Å². The van der Waals surface area contributed by atoms with Crippen molar-refractivity contribution in [3.05, 3.63) is 131 Å². The standard InChI is InChI=1S/C54H68N4/c1-39-33-40(2)36-55(35-39)45-25-19-43(20-26-45)23-29-51-53(5,6)47-15-9-11-17-49(47)57(51)31-13-14-32-58-50-18-12-10-16-48(50)54(7,8)52(58)30-24-44-21-27-46(28-22-44)56-37-41(3)34-42(4)38-56/h9-12,15-30,39-42H,13-14,31-38H2,1-8H3/q+2. The fraction of sp³-hybridized carbons (Fsp3) is 0.444. The molecule has 4 aliphatic heterocycles. The number of anilines is 2. The highest BCUT2D eigenvalue weighted by Crippen LogP contribution is 2.42. The average molecular weight is 773 g/mol. The molecule has 0 aromatic heterocycles. The Balaban J connectivity index is 1.000. The van der Waals surface area contributed by atoms with Crippen molar-refractivity contribution in [3.63, 3.8) is 0 Å². The monoisotopic (exact) mass is 773 g/mol. The molecule has 2 saturated heterocycles. The lowest BCUT2D eigenvalue weighted by molar-refractivity contribution is -0.451. The molecule has 4 heterocycles. The first-order chi connectivity index (χ1) is 27.9. The van der Waals surface area contributed by atoms with E-state index < -0.39 is 0 Å². The molecular weight excluding hydrogens is 705 g/mol. The van der Waals surface area contributed by atoms with Crippen LogP contribution >= 0.6 is 0 Å². The number of hydrogen-bond acceptors (Lipinski definition) is 2. The van der Waals surface area contributed by atoms with Crippen molar-refractivity contribution in [2.75, 3.05) is 49.1 Å². The summed E-state index contributed by atoms with van der Waals surface area (Å²) in [7, 11) is 0. The first kappa shape index (κ1) is 40.1. The summed E-state index contributed by atoms with van der Waals surface area (Å²) in [5.74, 6) is 2.99. The molecule has 0 amide bonds. The third-order valence-electron chi connectivity index (χ3n) is 13.7. The Labute approximate surface area is 350 Å². The maximum Gasteiger partial charge on any atom is 0.209 e. The van der Waals surface area contributed by atoms with Gasteiger partial charge in [0.05, 0.1) is 10.8 Å². The molecule has 4 unspecified atom stereocenters. The van der Waals surface area contributed by atoms with Gasteiger partial charge in [0.1, 0.15) is 13.1 Å². The van der Waals surface area contributed by atoms with Crippen LogP contribution < -0.4 is 9.80 Å². The Kier molecular flexibility index (Phi) is 11.4. The molecule has 302 valence electrons. The number of hydrogen-bond donors (Lipinski definition) is 0. The minimum Gasteiger partial charge on any atom is -0.371 e. The van der Waals surface area contributed by atoms with E-state index in [4.69, 9.17) is 0 Å². The van der Waals surface area contributed by atoms with Crippen molar-refractivity contribution in [1.29, 1.82) is 0 Å². The van der Waals surface area contributed by atoms with Crippen LogP contribution in [0, 0.1) is 23.7 Å². The highest BCUT2D eigenvalue weighted by atomic mass is 15.1. The van der Waals surface area contributed by atoms with Crippen LogP contribution in [0.2, 0.25) is 0 Å². The molecule has 58 heavy (non-hydrogen) atoms. The minimum absolute atomic E-state index is 0.0698. The van der Waals surface area contributed by atoms with Gasteiger partial charge < -0.3 is 9.80 Å². The van der Waals surface area contributed by atoms with E-state index in [1.54, 1.807) is 0 Å². The molecule has 4 atom stereocenters. The largest absolute Gasteiger partial charge is 0.371 e. The van der Waals surface area contributed by atoms with Crippen LogP contribution in [0.4, 0.5) is 22.7 Å². The van der Waals surface area contributed by atoms with Crippen LogP contribution in [0.15, 0.2) is 109 Å². The van der Waals surface area contributed by atoms with E-state index in [0.717, 1.165) is 75.8 Å². The van der Waals surface area contributed by atoms with Gasteiger partial charge in [-0.1, -0.05) is 88.4 Å². The second-order valence-electron chi connectivity index (χ2n) is 19.6. The number of fused-ring (bicyclic) bond motifs is 2. The van der Waals surface area contributed by atoms with E-state index >= 15 is 0 Å². The Bertz CT molecular complexity index is 2040. The molecule has 0 aliphatic carbocycles. The first-order valence-electron chi connectivity index (χ1n) is 22.4. The van der Waals surface area contributed by atoms with Crippen LogP contribution in [0.1, 0.15) is 103 Å². The summed E-state index contributed by atoms with van der Waals surface area (Å²) in [5, 5.41) is 0. The topological polar surface area (TPSA) is 12.5 Å². The van der Waals surface area contributed by atoms with E-state index in [-0.39, 0.29) is 10.8 Å². The summed E-state index contributed by atoms with van der Waals surface area (Å²) in [4.78, 5) is 5.15.